The first-order valence-electron chi connectivity index (χ1n) is 15.9. The number of hydrogen-bond acceptors (Lipinski definition) is 3. The zero-order valence-corrected chi connectivity index (χ0v) is 26.1. The van der Waals surface area contributed by atoms with Crippen molar-refractivity contribution in [2.45, 2.75) is 26.2 Å². The second-order valence-corrected chi connectivity index (χ2v) is 11.7. The lowest BCUT2D eigenvalue weighted by atomic mass is 9.95. The second-order valence-electron chi connectivity index (χ2n) is 11.7. The minimum Gasteiger partial charge on any atom is -0.208 e. The molecule has 1 unspecified atom stereocenters. The Bertz CT molecular complexity index is 1930. The summed E-state index contributed by atoms with van der Waals surface area (Å²) in [6, 6.07) is 55.1. The monoisotopic (exact) mass is 593 g/mol. The van der Waals surface area contributed by atoms with Crippen molar-refractivity contribution < 1.29 is 0 Å². The van der Waals surface area contributed by atoms with Gasteiger partial charge in [-0.3, -0.25) is 0 Å². The van der Waals surface area contributed by atoms with Crippen molar-refractivity contribution >= 4 is 0 Å². The summed E-state index contributed by atoms with van der Waals surface area (Å²) >= 11 is 0. The molecule has 0 aliphatic carbocycles. The van der Waals surface area contributed by atoms with Gasteiger partial charge in [-0.25, -0.2) is 15.0 Å². The molecule has 0 radical (unpaired) electrons. The zero-order valence-electron chi connectivity index (χ0n) is 26.1. The van der Waals surface area contributed by atoms with Crippen LogP contribution in [0.4, 0.5) is 0 Å². The fourth-order valence-corrected chi connectivity index (χ4v) is 5.70. The average molecular weight is 594 g/mol. The minimum absolute atomic E-state index is 0.563. The van der Waals surface area contributed by atoms with E-state index in [0.717, 1.165) is 34.2 Å². The van der Waals surface area contributed by atoms with Gasteiger partial charge in [0.25, 0.3) is 0 Å². The summed E-state index contributed by atoms with van der Waals surface area (Å²) in [5, 5.41) is 0. The van der Waals surface area contributed by atoms with Crippen molar-refractivity contribution in [3.05, 3.63) is 163 Å². The fourth-order valence-electron chi connectivity index (χ4n) is 5.70. The molecule has 1 aromatic heterocycles. The van der Waals surface area contributed by atoms with E-state index in [1.54, 1.807) is 0 Å². The molecule has 0 spiro atoms. The lowest BCUT2D eigenvalue weighted by Crippen LogP contribution is -2.00. The SMILES string of the molecule is CCC(C)c1ccc(-c2ccc(-c3nc(-c4ccc(-c5ccccc5)cc4)nc(-c4ccc(-c5ccccc5)cc4)n3)cc2)cc1. The van der Waals surface area contributed by atoms with Crippen LogP contribution in [0.15, 0.2) is 158 Å². The third-order valence-corrected chi connectivity index (χ3v) is 8.70. The summed E-state index contributed by atoms with van der Waals surface area (Å²) in [6.07, 6.45) is 1.14. The Morgan fingerprint density at radius 3 is 0.913 bits per heavy atom. The fraction of sp³-hybridized carbons (Fsp3) is 0.0930. The first-order valence-corrected chi connectivity index (χ1v) is 15.9. The summed E-state index contributed by atoms with van der Waals surface area (Å²) in [7, 11) is 0. The lowest BCUT2D eigenvalue weighted by molar-refractivity contribution is 0.734. The van der Waals surface area contributed by atoms with Crippen LogP contribution in [0.1, 0.15) is 31.7 Å². The molecule has 0 aliphatic rings. The van der Waals surface area contributed by atoms with E-state index in [-0.39, 0.29) is 0 Å². The van der Waals surface area contributed by atoms with Gasteiger partial charge in [-0.15, -0.1) is 0 Å². The standard InChI is InChI=1S/C43H35N3/c1-3-30(2)31-14-16-36(17-15-31)37-22-28-40(29-23-37)43-45-41(38-24-18-34(19-25-38)32-10-6-4-7-11-32)44-42(46-43)39-26-20-35(21-27-39)33-12-8-5-9-13-33/h4-30H,3H2,1-2H3. The molecule has 0 bridgehead atoms. The van der Waals surface area contributed by atoms with Crippen LogP contribution in [0.2, 0.25) is 0 Å². The molecule has 3 nitrogen and oxygen atoms in total. The maximum Gasteiger partial charge on any atom is 0.164 e. The average Bonchev–Trinajstić information content (AvgIpc) is 3.15. The molecule has 0 N–H and O–H groups in total. The first kappa shape index (κ1) is 29.1. The lowest BCUT2D eigenvalue weighted by Gasteiger charge is -2.11. The van der Waals surface area contributed by atoms with Gasteiger partial charge in [0.1, 0.15) is 0 Å². The van der Waals surface area contributed by atoms with Crippen molar-refractivity contribution in [1.29, 1.82) is 0 Å². The van der Waals surface area contributed by atoms with Crippen LogP contribution in [-0.2, 0) is 0 Å². The molecule has 0 fully saturated rings. The van der Waals surface area contributed by atoms with Crippen LogP contribution in [0.3, 0.4) is 0 Å². The zero-order chi connectivity index (χ0) is 31.3. The topological polar surface area (TPSA) is 38.7 Å². The molecule has 1 heterocycles. The van der Waals surface area contributed by atoms with E-state index in [1.165, 1.54) is 27.8 Å². The molecule has 46 heavy (non-hydrogen) atoms. The molecule has 0 amide bonds. The van der Waals surface area contributed by atoms with Gasteiger partial charge in [-0.2, -0.15) is 0 Å². The normalized spacial score (nSPS) is 11.7. The van der Waals surface area contributed by atoms with Gasteiger partial charge in [0.2, 0.25) is 0 Å². The van der Waals surface area contributed by atoms with Gasteiger partial charge < -0.3 is 0 Å². The summed E-state index contributed by atoms with van der Waals surface area (Å²) in [5.74, 6) is 2.51. The summed E-state index contributed by atoms with van der Waals surface area (Å²) < 4.78 is 0. The van der Waals surface area contributed by atoms with Crippen molar-refractivity contribution in [1.82, 2.24) is 15.0 Å². The first-order chi connectivity index (χ1) is 22.6. The van der Waals surface area contributed by atoms with Gasteiger partial charge in [-0.05, 0) is 51.3 Å². The maximum absolute atomic E-state index is 4.99. The van der Waals surface area contributed by atoms with Crippen molar-refractivity contribution in [2.24, 2.45) is 0 Å². The van der Waals surface area contributed by atoms with Crippen LogP contribution in [0, 0.1) is 0 Å². The molecule has 0 saturated carbocycles. The van der Waals surface area contributed by atoms with Crippen molar-refractivity contribution in [3.8, 4) is 67.5 Å². The highest BCUT2D eigenvalue weighted by molar-refractivity contribution is 5.73. The van der Waals surface area contributed by atoms with Gasteiger partial charge in [-0.1, -0.05) is 172 Å². The van der Waals surface area contributed by atoms with E-state index in [4.69, 9.17) is 15.0 Å². The highest BCUT2D eigenvalue weighted by atomic mass is 15.0. The Labute approximate surface area is 271 Å². The summed E-state index contributed by atoms with van der Waals surface area (Å²) in [5.41, 5.74) is 11.3. The molecule has 3 heteroatoms. The quantitative estimate of drug-likeness (QED) is 0.176. The van der Waals surface area contributed by atoms with Crippen LogP contribution in [-0.4, -0.2) is 15.0 Å². The van der Waals surface area contributed by atoms with Crippen molar-refractivity contribution in [3.63, 3.8) is 0 Å². The van der Waals surface area contributed by atoms with E-state index in [1.807, 2.05) is 12.1 Å². The Balaban J connectivity index is 1.25. The van der Waals surface area contributed by atoms with Crippen LogP contribution >= 0.6 is 0 Å². The summed E-state index contributed by atoms with van der Waals surface area (Å²) in [4.78, 5) is 15.0. The minimum atomic E-state index is 0.563. The highest BCUT2D eigenvalue weighted by Crippen LogP contribution is 2.30. The third kappa shape index (κ3) is 6.27. The maximum atomic E-state index is 4.99. The number of nitrogens with zero attached hydrogens (tertiary/aromatic N) is 3. The van der Waals surface area contributed by atoms with E-state index < -0.39 is 0 Å². The van der Waals surface area contributed by atoms with E-state index >= 15 is 0 Å². The Hall–Kier alpha value is -5.67. The molecule has 0 aliphatic heterocycles. The largest absolute Gasteiger partial charge is 0.208 e. The van der Waals surface area contributed by atoms with Gasteiger partial charge in [0.05, 0.1) is 0 Å². The molecule has 222 valence electrons. The van der Waals surface area contributed by atoms with E-state index in [2.05, 4.69) is 159 Å². The third-order valence-electron chi connectivity index (χ3n) is 8.70. The van der Waals surface area contributed by atoms with E-state index in [0.29, 0.717) is 23.4 Å². The summed E-state index contributed by atoms with van der Waals surface area (Å²) in [6.45, 7) is 4.51. The van der Waals surface area contributed by atoms with E-state index in [9.17, 15) is 0 Å². The molecule has 1 atom stereocenters. The second kappa shape index (κ2) is 13.1. The van der Waals surface area contributed by atoms with Gasteiger partial charge >= 0.3 is 0 Å². The molecule has 0 saturated heterocycles. The van der Waals surface area contributed by atoms with Crippen LogP contribution < -0.4 is 0 Å². The Morgan fingerprint density at radius 2 is 0.609 bits per heavy atom. The van der Waals surface area contributed by atoms with Crippen LogP contribution in [0.5, 0.6) is 0 Å². The molecule has 6 aromatic carbocycles. The number of aromatic nitrogens is 3. The predicted molar refractivity (Wildman–Crippen MR) is 191 cm³/mol. The van der Waals surface area contributed by atoms with Gasteiger partial charge in [0.15, 0.2) is 17.5 Å². The van der Waals surface area contributed by atoms with Gasteiger partial charge in [0, 0.05) is 16.7 Å². The molecule has 7 rings (SSSR count). The molecular weight excluding hydrogens is 558 g/mol. The van der Waals surface area contributed by atoms with Crippen LogP contribution in [0.25, 0.3) is 67.5 Å². The predicted octanol–water partition coefficient (Wildman–Crippen LogP) is 11.4. The smallest absolute Gasteiger partial charge is 0.164 e. The molecular formula is C43H35N3. The van der Waals surface area contributed by atoms with Crippen molar-refractivity contribution in [2.75, 3.05) is 0 Å². The number of hydrogen-bond donors (Lipinski definition) is 0. The Morgan fingerprint density at radius 1 is 0.348 bits per heavy atom. The molecule has 7 aromatic rings. The number of rotatable bonds is 8. The highest BCUT2D eigenvalue weighted by Gasteiger charge is 2.14. The Kier molecular flexibility index (Phi) is 8.30. The number of benzene rings is 6.